The van der Waals surface area contributed by atoms with Crippen molar-refractivity contribution in [2.75, 3.05) is 20.3 Å². The van der Waals surface area contributed by atoms with Crippen molar-refractivity contribution in [3.8, 4) is 0 Å². The molecule has 0 aromatic carbocycles. The summed E-state index contributed by atoms with van der Waals surface area (Å²) in [5, 5.41) is 5.36. The number of carbonyl (C=O) groups excluding carboxylic acids is 2. The average Bonchev–Trinajstić information content (AvgIpc) is 3.40. The molecule has 130 valence electrons. The highest BCUT2D eigenvalue weighted by Gasteiger charge is 2.25. The predicted octanol–water partition coefficient (Wildman–Crippen LogP) is 0.527. The summed E-state index contributed by atoms with van der Waals surface area (Å²) in [6.45, 7) is 1.80. The summed E-state index contributed by atoms with van der Waals surface area (Å²) >= 11 is 0. The van der Waals surface area contributed by atoms with E-state index < -0.39 is 5.91 Å². The van der Waals surface area contributed by atoms with E-state index in [1.165, 1.54) is 17.7 Å². The van der Waals surface area contributed by atoms with Crippen molar-refractivity contribution in [3.63, 3.8) is 0 Å². The molecular formula is C17H23N3O4. The maximum absolute atomic E-state index is 12.6. The Labute approximate surface area is 140 Å². The van der Waals surface area contributed by atoms with Crippen LogP contribution in [0.5, 0.6) is 0 Å². The van der Waals surface area contributed by atoms with Crippen LogP contribution in [-0.2, 0) is 11.3 Å². The van der Waals surface area contributed by atoms with Crippen LogP contribution in [0.3, 0.4) is 0 Å². The molecule has 0 bridgehead atoms. The van der Waals surface area contributed by atoms with Gasteiger partial charge in [0, 0.05) is 38.4 Å². The van der Waals surface area contributed by atoms with E-state index in [1.807, 2.05) is 0 Å². The number of carbonyl (C=O) groups is 2. The number of aromatic nitrogens is 1. The van der Waals surface area contributed by atoms with E-state index in [1.54, 1.807) is 6.20 Å². The molecule has 1 saturated carbocycles. The lowest BCUT2D eigenvalue weighted by atomic mass is 10.0. The minimum absolute atomic E-state index is 0.00215. The molecule has 0 radical (unpaired) electrons. The van der Waals surface area contributed by atoms with Crippen molar-refractivity contribution < 1.29 is 14.3 Å². The van der Waals surface area contributed by atoms with Crippen LogP contribution in [0.25, 0.3) is 0 Å². The molecule has 1 unspecified atom stereocenters. The van der Waals surface area contributed by atoms with Crippen LogP contribution in [0, 0.1) is 5.92 Å². The number of hydrogen-bond donors (Lipinski definition) is 2. The number of nitrogens with zero attached hydrogens (tertiary/aromatic N) is 1. The van der Waals surface area contributed by atoms with Crippen molar-refractivity contribution in [3.05, 3.63) is 33.7 Å². The van der Waals surface area contributed by atoms with Gasteiger partial charge in [-0.2, -0.15) is 0 Å². The Balaban J connectivity index is 1.90. The zero-order valence-electron chi connectivity index (χ0n) is 13.8. The first-order chi connectivity index (χ1) is 11.6. The number of ether oxygens (including phenoxy) is 1. The lowest BCUT2D eigenvalue weighted by molar-refractivity contribution is 0.0479. The highest BCUT2D eigenvalue weighted by Crippen LogP contribution is 2.20. The second-order valence-corrected chi connectivity index (χ2v) is 6.51. The molecule has 24 heavy (non-hydrogen) atoms. The van der Waals surface area contributed by atoms with Gasteiger partial charge >= 0.3 is 0 Å². The topological polar surface area (TPSA) is 89.4 Å². The largest absolute Gasteiger partial charge is 0.381 e. The lowest BCUT2D eigenvalue weighted by Gasteiger charge is -2.23. The molecular weight excluding hydrogens is 310 g/mol. The average molecular weight is 333 g/mol. The third-order valence-corrected chi connectivity index (χ3v) is 4.44. The summed E-state index contributed by atoms with van der Waals surface area (Å²) in [5.41, 5.74) is -0.0302. The van der Waals surface area contributed by atoms with E-state index in [0.29, 0.717) is 18.7 Å². The van der Waals surface area contributed by atoms with Crippen molar-refractivity contribution in [1.29, 1.82) is 0 Å². The zero-order chi connectivity index (χ0) is 17.1. The van der Waals surface area contributed by atoms with Crippen LogP contribution < -0.4 is 16.2 Å². The molecule has 1 aliphatic heterocycles. The Morgan fingerprint density at radius 1 is 1.29 bits per heavy atom. The van der Waals surface area contributed by atoms with Gasteiger partial charge in [0.1, 0.15) is 5.56 Å². The first-order valence-electron chi connectivity index (χ1n) is 8.43. The van der Waals surface area contributed by atoms with Crippen LogP contribution in [0.2, 0.25) is 0 Å². The minimum Gasteiger partial charge on any atom is -0.381 e. The summed E-state index contributed by atoms with van der Waals surface area (Å²) in [6, 6.07) is 1.60. The van der Waals surface area contributed by atoms with Gasteiger partial charge in [0.05, 0.1) is 12.2 Å². The van der Waals surface area contributed by atoms with Gasteiger partial charge in [0.25, 0.3) is 17.4 Å². The fraction of sp³-hybridized carbons (Fsp3) is 0.588. The normalized spacial score (nSPS) is 20.5. The predicted molar refractivity (Wildman–Crippen MR) is 88.1 cm³/mol. The molecule has 2 N–H and O–H groups in total. The van der Waals surface area contributed by atoms with Crippen LogP contribution in [0.1, 0.15) is 46.4 Å². The van der Waals surface area contributed by atoms with Crippen LogP contribution in [0.15, 0.2) is 17.1 Å². The molecule has 1 saturated heterocycles. The molecule has 3 rings (SSSR count). The summed E-state index contributed by atoms with van der Waals surface area (Å²) < 4.78 is 6.94. The van der Waals surface area contributed by atoms with Crippen LogP contribution in [-0.4, -0.2) is 42.7 Å². The van der Waals surface area contributed by atoms with Gasteiger partial charge < -0.3 is 19.9 Å². The fourth-order valence-corrected chi connectivity index (χ4v) is 2.92. The van der Waals surface area contributed by atoms with E-state index >= 15 is 0 Å². The Kier molecular flexibility index (Phi) is 4.99. The van der Waals surface area contributed by atoms with Crippen molar-refractivity contribution in [2.45, 2.75) is 38.3 Å². The summed E-state index contributed by atoms with van der Waals surface area (Å²) in [4.78, 5) is 36.9. The van der Waals surface area contributed by atoms with E-state index in [0.717, 1.165) is 32.3 Å². The zero-order valence-corrected chi connectivity index (χ0v) is 13.8. The lowest BCUT2D eigenvalue weighted by Crippen LogP contribution is -2.36. The molecule has 1 atom stereocenters. The van der Waals surface area contributed by atoms with Crippen molar-refractivity contribution >= 4 is 11.8 Å². The van der Waals surface area contributed by atoms with Gasteiger partial charge in [-0.15, -0.1) is 0 Å². The first kappa shape index (κ1) is 16.7. The quantitative estimate of drug-likeness (QED) is 0.822. The van der Waals surface area contributed by atoms with E-state index in [9.17, 15) is 14.4 Å². The summed E-state index contributed by atoms with van der Waals surface area (Å²) in [5.74, 6) is -0.498. The Bertz CT molecular complexity index is 688. The summed E-state index contributed by atoms with van der Waals surface area (Å²) in [7, 11) is 1.47. The number of rotatable bonds is 5. The molecule has 2 amide bonds. The van der Waals surface area contributed by atoms with Crippen molar-refractivity contribution in [2.24, 2.45) is 5.92 Å². The number of pyridine rings is 1. The number of amides is 2. The molecule has 0 spiro atoms. The van der Waals surface area contributed by atoms with Crippen LogP contribution >= 0.6 is 0 Å². The minimum atomic E-state index is -0.477. The molecule has 2 heterocycles. The third-order valence-electron chi connectivity index (χ3n) is 4.44. The fourth-order valence-electron chi connectivity index (χ4n) is 2.92. The van der Waals surface area contributed by atoms with Gasteiger partial charge in [0.15, 0.2) is 0 Å². The third kappa shape index (κ3) is 3.84. The molecule has 7 heteroatoms. The van der Waals surface area contributed by atoms with Gasteiger partial charge in [0.2, 0.25) is 0 Å². The summed E-state index contributed by atoms with van der Waals surface area (Å²) in [6.07, 6.45) is 5.45. The Morgan fingerprint density at radius 3 is 2.71 bits per heavy atom. The monoisotopic (exact) mass is 333 g/mol. The standard InChI is InChI=1S/C17H23N3O4/c1-18-16(22)14-7-12(15(21)19-13-4-5-13)9-20(17(14)23)8-11-3-2-6-24-10-11/h7,9,11,13H,2-6,8,10H2,1H3,(H,18,22)(H,19,21). The highest BCUT2D eigenvalue weighted by atomic mass is 16.5. The molecule has 1 aromatic rings. The van der Waals surface area contributed by atoms with E-state index in [4.69, 9.17) is 4.74 Å². The van der Waals surface area contributed by atoms with E-state index in [-0.39, 0.29) is 29.0 Å². The molecule has 1 aliphatic carbocycles. The number of hydrogen-bond acceptors (Lipinski definition) is 4. The van der Waals surface area contributed by atoms with Gasteiger partial charge in [-0.25, -0.2) is 0 Å². The molecule has 2 aliphatic rings. The van der Waals surface area contributed by atoms with Gasteiger partial charge in [-0.05, 0) is 31.7 Å². The molecule has 7 nitrogen and oxygen atoms in total. The maximum atomic E-state index is 12.6. The highest BCUT2D eigenvalue weighted by molar-refractivity contribution is 5.99. The van der Waals surface area contributed by atoms with Crippen molar-refractivity contribution in [1.82, 2.24) is 15.2 Å². The molecule has 2 fully saturated rings. The Morgan fingerprint density at radius 2 is 2.08 bits per heavy atom. The van der Waals surface area contributed by atoms with Crippen LogP contribution in [0.4, 0.5) is 0 Å². The second kappa shape index (κ2) is 7.17. The van der Waals surface area contributed by atoms with E-state index in [2.05, 4.69) is 10.6 Å². The maximum Gasteiger partial charge on any atom is 0.263 e. The number of nitrogens with one attached hydrogen (secondary N) is 2. The Hall–Kier alpha value is -2.15. The van der Waals surface area contributed by atoms with Gasteiger partial charge in [-0.3, -0.25) is 14.4 Å². The molecule has 1 aromatic heterocycles. The smallest absolute Gasteiger partial charge is 0.263 e. The van der Waals surface area contributed by atoms with Gasteiger partial charge in [-0.1, -0.05) is 0 Å². The second-order valence-electron chi connectivity index (χ2n) is 6.51. The first-order valence-corrected chi connectivity index (χ1v) is 8.43. The SMILES string of the molecule is CNC(=O)c1cc(C(=O)NC2CC2)cn(CC2CCCOC2)c1=O.